The van der Waals surface area contributed by atoms with Crippen molar-refractivity contribution in [2.24, 2.45) is 0 Å². The van der Waals surface area contributed by atoms with Gasteiger partial charge in [-0.25, -0.2) is 19.7 Å². The van der Waals surface area contributed by atoms with Crippen molar-refractivity contribution in [1.29, 1.82) is 0 Å². The van der Waals surface area contributed by atoms with Gasteiger partial charge in [0, 0.05) is 35.9 Å². The van der Waals surface area contributed by atoms with Crippen molar-refractivity contribution in [2.75, 3.05) is 31.1 Å². The number of nitrogens with one attached hydrogen (secondary N) is 1. The normalized spacial score (nSPS) is 15.6. The summed E-state index contributed by atoms with van der Waals surface area (Å²) in [5, 5.41) is 4.45. The molecular formula is C24H23Cl3N6O2. The fourth-order valence-corrected chi connectivity index (χ4v) is 4.50. The highest BCUT2D eigenvalue weighted by molar-refractivity contribution is 6.33. The summed E-state index contributed by atoms with van der Waals surface area (Å²) in [6, 6.07) is 14.4. The maximum absolute atomic E-state index is 12.7. The summed E-state index contributed by atoms with van der Waals surface area (Å²) in [5.74, 6) is 0.892. The van der Waals surface area contributed by atoms with Crippen molar-refractivity contribution in [3.63, 3.8) is 0 Å². The van der Waals surface area contributed by atoms with Gasteiger partial charge in [-0.15, -0.1) is 12.4 Å². The molecule has 0 saturated carbocycles. The van der Waals surface area contributed by atoms with Crippen molar-refractivity contribution < 1.29 is 9.53 Å². The first-order valence-corrected chi connectivity index (χ1v) is 11.7. The fourth-order valence-electron chi connectivity index (χ4n) is 4.16. The lowest BCUT2D eigenvalue weighted by Gasteiger charge is -2.35. The number of benzene rings is 2. The standard InChI is InChI=1S/C24H22Cl2N6O2.ClH/c1-2-34-24(33)19-13-27-11-12-31(19)22-20-23(29-14-28-22)32(16-9-7-15(25)8-10-16)21(30-20)17-5-3-4-6-18(17)26;/h3-10,14,19,27H,2,11-13H2,1H3;1H. The van der Waals surface area contributed by atoms with E-state index in [9.17, 15) is 4.79 Å². The molecule has 3 heterocycles. The highest BCUT2D eigenvalue weighted by Gasteiger charge is 2.33. The van der Waals surface area contributed by atoms with Gasteiger partial charge in [0.05, 0.1) is 11.6 Å². The van der Waals surface area contributed by atoms with Crippen molar-refractivity contribution in [1.82, 2.24) is 24.8 Å². The molecule has 0 aliphatic carbocycles. The van der Waals surface area contributed by atoms with Gasteiger partial charge in [0.2, 0.25) is 0 Å². The van der Waals surface area contributed by atoms with Crippen LogP contribution in [0.4, 0.5) is 5.82 Å². The first-order valence-electron chi connectivity index (χ1n) is 11.0. The Labute approximate surface area is 218 Å². The number of piperazine rings is 1. The maximum atomic E-state index is 12.7. The monoisotopic (exact) mass is 532 g/mol. The maximum Gasteiger partial charge on any atom is 0.330 e. The molecule has 1 N–H and O–H groups in total. The number of hydrogen-bond acceptors (Lipinski definition) is 7. The number of aromatic nitrogens is 4. The van der Waals surface area contributed by atoms with Crippen molar-refractivity contribution in [3.05, 3.63) is 64.9 Å². The van der Waals surface area contributed by atoms with E-state index >= 15 is 0 Å². The number of fused-ring (bicyclic) bond motifs is 1. The van der Waals surface area contributed by atoms with Gasteiger partial charge in [-0.05, 0) is 43.3 Å². The first kappa shape index (κ1) is 25.2. The Hall–Kier alpha value is -2.91. The minimum absolute atomic E-state index is 0. The Morgan fingerprint density at radius 2 is 1.91 bits per heavy atom. The number of carbonyl (C=O) groups excluding carboxylic acids is 1. The lowest BCUT2D eigenvalue weighted by Crippen LogP contribution is -2.56. The molecular weight excluding hydrogens is 511 g/mol. The average Bonchev–Trinajstić information content (AvgIpc) is 3.24. The predicted octanol–water partition coefficient (Wildman–Crippen LogP) is 4.55. The molecule has 0 amide bonds. The quantitative estimate of drug-likeness (QED) is 0.377. The third-order valence-electron chi connectivity index (χ3n) is 5.70. The molecule has 1 fully saturated rings. The zero-order chi connectivity index (χ0) is 23.7. The van der Waals surface area contributed by atoms with Gasteiger partial charge in [-0.2, -0.15) is 0 Å². The lowest BCUT2D eigenvalue weighted by atomic mass is 10.2. The molecule has 35 heavy (non-hydrogen) atoms. The number of esters is 1. The van der Waals surface area contributed by atoms with E-state index in [1.54, 1.807) is 6.92 Å². The molecule has 1 saturated heterocycles. The van der Waals surface area contributed by atoms with Crippen LogP contribution in [0, 0.1) is 0 Å². The van der Waals surface area contributed by atoms with E-state index in [0.29, 0.717) is 59.1 Å². The zero-order valence-corrected chi connectivity index (χ0v) is 21.1. The van der Waals surface area contributed by atoms with Gasteiger partial charge < -0.3 is 15.0 Å². The van der Waals surface area contributed by atoms with E-state index < -0.39 is 6.04 Å². The molecule has 182 valence electrons. The fraction of sp³-hybridized carbons (Fsp3) is 0.250. The van der Waals surface area contributed by atoms with E-state index in [4.69, 9.17) is 32.9 Å². The van der Waals surface area contributed by atoms with Crippen LogP contribution in [-0.4, -0.2) is 57.8 Å². The van der Waals surface area contributed by atoms with Crippen LogP contribution in [0.1, 0.15) is 6.92 Å². The second-order valence-corrected chi connectivity index (χ2v) is 8.61. The summed E-state index contributed by atoms with van der Waals surface area (Å²) in [5.41, 5.74) is 2.76. The molecule has 0 bridgehead atoms. The van der Waals surface area contributed by atoms with Crippen LogP contribution in [0.2, 0.25) is 10.0 Å². The Bertz CT molecular complexity index is 1350. The lowest BCUT2D eigenvalue weighted by molar-refractivity contribution is -0.144. The molecule has 0 radical (unpaired) electrons. The number of rotatable bonds is 5. The summed E-state index contributed by atoms with van der Waals surface area (Å²) < 4.78 is 7.25. The highest BCUT2D eigenvalue weighted by atomic mass is 35.5. The molecule has 1 atom stereocenters. The van der Waals surface area contributed by atoms with E-state index in [-0.39, 0.29) is 18.4 Å². The minimum Gasteiger partial charge on any atom is -0.464 e. The molecule has 4 aromatic rings. The molecule has 1 unspecified atom stereocenters. The molecule has 1 aliphatic heterocycles. The number of nitrogens with zero attached hydrogens (tertiary/aromatic N) is 5. The summed E-state index contributed by atoms with van der Waals surface area (Å²) in [6.07, 6.45) is 1.49. The largest absolute Gasteiger partial charge is 0.464 e. The number of ether oxygens (including phenoxy) is 1. The van der Waals surface area contributed by atoms with Crippen LogP contribution in [-0.2, 0) is 9.53 Å². The molecule has 2 aromatic carbocycles. The van der Waals surface area contributed by atoms with Crippen molar-refractivity contribution in [2.45, 2.75) is 13.0 Å². The summed E-state index contributed by atoms with van der Waals surface area (Å²) in [4.78, 5) is 28.7. The van der Waals surface area contributed by atoms with Crippen LogP contribution in [0.3, 0.4) is 0 Å². The molecule has 8 nitrogen and oxygen atoms in total. The SMILES string of the molecule is CCOC(=O)C1CNCCN1c1ncnc2c1nc(-c1ccccc1Cl)n2-c1ccc(Cl)cc1.Cl. The van der Waals surface area contributed by atoms with Gasteiger partial charge in [0.1, 0.15) is 18.2 Å². The topological polar surface area (TPSA) is 85.2 Å². The van der Waals surface area contributed by atoms with Gasteiger partial charge in [0.15, 0.2) is 17.0 Å². The Kier molecular flexibility index (Phi) is 7.76. The molecule has 5 rings (SSSR count). The van der Waals surface area contributed by atoms with Gasteiger partial charge in [0.25, 0.3) is 0 Å². The molecule has 2 aromatic heterocycles. The van der Waals surface area contributed by atoms with Gasteiger partial charge >= 0.3 is 5.97 Å². The van der Waals surface area contributed by atoms with E-state index in [1.165, 1.54) is 6.33 Å². The number of hydrogen-bond donors (Lipinski definition) is 1. The van der Waals surface area contributed by atoms with Gasteiger partial charge in [-0.1, -0.05) is 35.3 Å². The van der Waals surface area contributed by atoms with E-state index in [2.05, 4.69) is 15.3 Å². The Morgan fingerprint density at radius 3 is 2.66 bits per heavy atom. The second kappa shape index (κ2) is 10.8. The van der Waals surface area contributed by atoms with Crippen LogP contribution in [0.5, 0.6) is 0 Å². The molecule has 0 spiro atoms. The van der Waals surface area contributed by atoms with Crippen molar-refractivity contribution in [3.8, 4) is 17.1 Å². The molecule has 1 aliphatic rings. The predicted molar refractivity (Wildman–Crippen MR) is 140 cm³/mol. The number of carbonyl (C=O) groups is 1. The van der Waals surface area contributed by atoms with Crippen LogP contribution in [0.15, 0.2) is 54.9 Å². The third-order valence-corrected chi connectivity index (χ3v) is 6.28. The zero-order valence-electron chi connectivity index (χ0n) is 18.8. The third kappa shape index (κ3) is 4.79. The Morgan fingerprint density at radius 1 is 1.14 bits per heavy atom. The van der Waals surface area contributed by atoms with Gasteiger partial charge in [-0.3, -0.25) is 4.57 Å². The van der Waals surface area contributed by atoms with E-state index in [0.717, 1.165) is 11.3 Å². The first-order chi connectivity index (χ1) is 16.6. The van der Waals surface area contributed by atoms with Crippen molar-refractivity contribution >= 4 is 58.6 Å². The van der Waals surface area contributed by atoms with Crippen LogP contribution < -0.4 is 10.2 Å². The number of anilines is 1. The average molecular weight is 534 g/mol. The summed E-state index contributed by atoms with van der Waals surface area (Å²) in [6.45, 7) is 3.84. The minimum atomic E-state index is -0.517. The summed E-state index contributed by atoms with van der Waals surface area (Å²) in [7, 11) is 0. The molecule has 11 heteroatoms. The second-order valence-electron chi connectivity index (χ2n) is 7.76. The Balaban J connectivity index is 0.00000289. The smallest absolute Gasteiger partial charge is 0.330 e. The van der Waals surface area contributed by atoms with E-state index in [1.807, 2.05) is 58.0 Å². The number of imidazole rings is 1. The highest BCUT2D eigenvalue weighted by Crippen LogP contribution is 2.35. The summed E-state index contributed by atoms with van der Waals surface area (Å²) >= 11 is 12.7. The van der Waals surface area contributed by atoms with Crippen LogP contribution >= 0.6 is 35.6 Å². The van der Waals surface area contributed by atoms with Crippen LogP contribution in [0.25, 0.3) is 28.2 Å². The number of halogens is 3.